The van der Waals surface area contributed by atoms with Gasteiger partial charge in [-0.25, -0.2) is 0 Å². The summed E-state index contributed by atoms with van der Waals surface area (Å²) in [5, 5.41) is 17.5. The molecule has 0 spiro atoms. The van der Waals surface area contributed by atoms with Crippen LogP contribution in [-0.4, -0.2) is 0 Å². The quantitative estimate of drug-likeness (QED) is 0.121. The summed E-state index contributed by atoms with van der Waals surface area (Å²) in [5.74, 6) is 0. The van der Waals surface area contributed by atoms with Gasteiger partial charge in [0, 0.05) is 63.2 Å². The molecule has 0 nitrogen and oxygen atoms in total. The van der Waals surface area contributed by atoms with Crippen molar-refractivity contribution >= 4 is 137 Å². The van der Waals surface area contributed by atoms with Crippen molar-refractivity contribution in [2.45, 2.75) is 90.9 Å². The maximum atomic E-state index is 2.46. The van der Waals surface area contributed by atoms with E-state index >= 15 is 0 Å². The van der Waals surface area contributed by atoms with Gasteiger partial charge in [0.15, 0.2) is 0 Å². The standard InChI is InChI=1S/C32H32S6/c1-3-5-7-9-11-13-17-18(14-12-10-8-6-4-2)28-24-23-25-21-19(15-33-29(21)37-31(25)35-27(17)23)20-16-34-30-22(20)26(24)32(36-28)38-30/h15-16H,3-14H2,1-2H3. The first-order chi connectivity index (χ1) is 18.8. The Bertz CT molecular complexity index is 1860. The summed E-state index contributed by atoms with van der Waals surface area (Å²) in [6, 6.07) is 0. The zero-order chi connectivity index (χ0) is 25.4. The van der Waals surface area contributed by atoms with Crippen molar-refractivity contribution in [3.05, 3.63) is 21.9 Å². The van der Waals surface area contributed by atoms with Gasteiger partial charge in [-0.15, -0.1) is 68.0 Å². The van der Waals surface area contributed by atoms with Crippen LogP contribution in [-0.2, 0) is 12.8 Å². The molecule has 0 saturated carbocycles. The molecule has 6 aromatic heterocycles. The van der Waals surface area contributed by atoms with E-state index < -0.39 is 0 Å². The Morgan fingerprint density at radius 1 is 0.447 bits per heavy atom. The molecule has 0 fully saturated rings. The van der Waals surface area contributed by atoms with Gasteiger partial charge in [-0.1, -0.05) is 65.2 Å². The number of thiophene rings is 6. The molecule has 6 heterocycles. The van der Waals surface area contributed by atoms with Crippen LogP contribution in [0.15, 0.2) is 10.8 Å². The second-order valence-electron chi connectivity index (χ2n) is 11.1. The van der Waals surface area contributed by atoms with Crippen molar-refractivity contribution in [2.24, 2.45) is 0 Å². The Morgan fingerprint density at radius 3 is 1.34 bits per heavy atom. The summed E-state index contributed by atoms with van der Waals surface area (Å²) in [7, 11) is 0. The summed E-state index contributed by atoms with van der Waals surface area (Å²) in [6.45, 7) is 4.66. The van der Waals surface area contributed by atoms with E-state index in [0.717, 1.165) is 0 Å². The highest BCUT2D eigenvalue weighted by molar-refractivity contribution is 7.52. The minimum Gasteiger partial charge on any atom is -0.132 e. The van der Waals surface area contributed by atoms with Crippen LogP contribution < -0.4 is 0 Å². The van der Waals surface area contributed by atoms with Gasteiger partial charge >= 0.3 is 0 Å². The lowest BCUT2D eigenvalue weighted by molar-refractivity contribution is 0.623. The first-order valence-corrected chi connectivity index (χ1v) is 19.5. The molecule has 8 aromatic rings. The van der Waals surface area contributed by atoms with Gasteiger partial charge in [-0.3, -0.25) is 0 Å². The molecule has 0 radical (unpaired) electrons. The molecule has 0 aliphatic heterocycles. The fourth-order valence-corrected chi connectivity index (χ4v) is 15.1. The van der Waals surface area contributed by atoms with Crippen molar-refractivity contribution in [1.82, 2.24) is 0 Å². The predicted molar refractivity (Wildman–Crippen MR) is 184 cm³/mol. The van der Waals surface area contributed by atoms with Gasteiger partial charge in [0.2, 0.25) is 0 Å². The highest BCUT2D eigenvalue weighted by atomic mass is 32.2. The van der Waals surface area contributed by atoms with Crippen LogP contribution >= 0.6 is 68.0 Å². The minimum absolute atomic E-state index is 1.26. The second-order valence-corrected chi connectivity index (χ2v) is 17.9. The fourth-order valence-electron chi connectivity index (χ4n) is 6.80. The summed E-state index contributed by atoms with van der Waals surface area (Å²) in [6.07, 6.45) is 16.1. The molecule has 196 valence electrons. The Hall–Kier alpha value is -1.02. The SMILES string of the molecule is CCCCCCCc1c(CCCCCCC)c2sc3sc4scc5c6csc7sc8sc1c(c8c76)c2c3c45. The molecule has 6 heteroatoms. The highest BCUT2D eigenvalue weighted by Crippen LogP contribution is 2.59. The largest absolute Gasteiger partial charge is 0.132 e. The molecule has 0 amide bonds. The van der Waals surface area contributed by atoms with Crippen molar-refractivity contribution < 1.29 is 0 Å². The number of fused-ring (bicyclic) bond motifs is 1. The van der Waals surface area contributed by atoms with E-state index in [-0.39, 0.29) is 0 Å². The molecule has 0 aliphatic carbocycles. The highest BCUT2D eigenvalue weighted by Gasteiger charge is 2.28. The van der Waals surface area contributed by atoms with Gasteiger partial charge in [-0.05, 0) is 36.8 Å². The molecule has 0 unspecified atom stereocenters. The van der Waals surface area contributed by atoms with E-state index in [1.165, 1.54) is 95.8 Å². The Labute approximate surface area is 247 Å². The van der Waals surface area contributed by atoms with Crippen LogP contribution in [0.3, 0.4) is 0 Å². The fraction of sp³-hybridized carbons (Fsp3) is 0.438. The van der Waals surface area contributed by atoms with Crippen LogP contribution in [0.5, 0.6) is 0 Å². The van der Waals surface area contributed by atoms with E-state index in [0.29, 0.717) is 0 Å². The maximum absolute atomic E-state index is 2.46. The van der Waals surface area contributed by atoms with Gasteiger partial charge in [0.1, 0.15) is 0 Å². The molecular formula is C32H32S6. The van der Waals surface area contributed by atoms with Gasteiger partial charge in [0.05, 0.1) is 16.1 Å². The van der Waals surface area contributed by atoms with E-state index in [1.54, 1.807) is 60.9 Å². The number of rotatable bonds is 12. The zero-order valence-electron chi connectivity index (χ0n) is 22.1. The van der Waals surface area contributed by atoms with Gasteiger partial charge < -0.3 is 0 Å². The van der Waals surface area contributed by atoms with E-state index in [2.05, 4.69) is 70.0 Å². The molecular weight excluding hydrogens is 577 g/mol. The molecule has 0 saturated heterocycles. The first-order valence-electron chi connectivity index (χ1n) is 14.5. The van der Waals surface area contributed by atoms with Crippen LogP contribution in [0, 0.1) is 0 Å². The summed E-state index contributed by atoms with van der Waals surface area (Å²) in [5.41, 5.74) is 3.46. The average Bonchev–Trinajstić information content (AvgIpc) is 3.70. The van der Waals surface area contributed by atoms with Crippen LogP contribution in [0.2, 0.25) is 0 Å². The Morgan fingerprint density at radius 2 is 0.895 bits per heavy atom. The third-order valence-corrected chi connectivity index (χ3v) is 15.9. The van der Waals surface area contributed by atoms with Crippen LogP contribution in [0.4, 0.5) is 0 Å². The third kappa shape index (κ3) is 3.53. The summed E-state index contributed by atoms with van der Waals surface area (Å²) < 4.78 is 9.50. The van der Waals surface area contributed by atoms with Crippen molar-refractivity contribution in [2.75, 3.05) is 0 Å². The lowest BCUT2D eigenvalue weighted by Crippen LogP contribution is -1.97. The van der Waals surface area contributed by atoms with E-state index in [4.69, 9.17) is 0 Å². The topological polar surface area (TPSA) is 0 Å². The second kappa shape index (κ2) is 9.81. The lowest BCUT2D eigenvalue weighted by atomic mass is 9.91. The molecule has 0 N–H and O–H groups in total. The lowest BCUT2D eigenvalue weighted by Gasteiger charge is -2.15. The van der Waals surface area contributed by atoms with Crippen molar-refractivity contribution in [1.29, 1.82) is 0 Å². The maximum Gasteiger partial charge on any atom is 0.0899 e. The van der Waals surface area contributed by atoms with Crippen molar-refractivity contribution in [3.63, 3.8) is 0 Å². The molecule has 0 atom stereocenters. The number of hydrogen-bond acceptors (Lipinski definition) is 6. The summed E-state index contributed by atoms with van der Waals surface area (Å²) >= 11 is 12.4. The molecule has 38 heavy (non-hydrogen) atoms. The Kier molecular flexibility index (Phi) is 6.39. The number of benzene rings is 1. The first kappa shape index (κ1) is 24.8. The average molecular weight is 609 g/mol. The number of hydrogen-bond donors (Lipinski definition) is 0. The monoisotopic (exact) mass is 608 g/mol. The van der Waals surface area contributed by atoms with E-state index in [1.807, 2.05) is 22.7 Å². The predicted octanol–water partition coefficient (Wildman–Crippen LogP) is 14.0. The van der Waals surface area contributed by atoms with Crippen LogP contribution in [0.25, 0.3) is 68.5 Å². The normalized spacial score (nSPS) is 13.2. The van der Waals surface area contributed by atoms with E-state index in [9.17, 15) is 0 Å². The number of aryl methyl sites for hydroxylation is 2. The molecule has 0 bridgehead atoms. The minimum atomic E-state index is 1.26. The van der Waals surface area contributed by atoms with Gasteiger partial charge in [-0.2, -0.15) is 0 Å². The number of unbranched alkanes of at least 4 members (excludes halogenated alkanes) is 8. The molecule has 0 aliphatic rings. The molecule has 8 rings (SSSR count). The van der Waals surface area contributed by atoms with Crippen LogP contribution in [0.1, 0.15) is 89.2 Å². The molecule has 2 aromatic carbocycles. The van der Waals surface area contributed by atoms with Crippen molar-refractivity contribution in [3.8, 4) is 0 Å². The van der Waals surface area contributed by atoms with Gasteiger partial charge in [0.25, 0.3) is 0 Å². The smallest absolute Gasteiger partial charge is 0.0899 e. The summed E-state index contributed by atoms with van der Waals surface area (Å²) in [4.78, 5) is 0. The third-order valence-electron chi connectivity index (χ3n) is 8.65. The Balaban J connectivity index is 1.42. The zero-order valence-corrected chi connectivity index (χ0v) is 27.0.